The zero-order valence-electron chi connectivity index (χ0n) is 34.1. The van der Waals surface area contributed by atoms with Crippen LogP contribution in [0.2, 0.25) is 0 Å². The van der Waals surface area contributed by atoms with E-state index in [0.717, 1.165) is 0 Å². The van der Waals surface area contributed by atoms with Gasteiger partial charge in [-0.05, 0) is 0 Å². The molecule has 6 nitrogen and oxygen atoms in total. The summed E-state index contributed by atoms with van der Waals surface area (Å²) in [5.41, 5.74) is -23.4. The normalized spacial score (nSPS) is 12.0. The maximum Gasteiger partial charge on any atom is 1.00 e. The fourth-order valence-electron chi connectivity index (χ4n) is 7.86. The van der Waals surface area contributed by atoms with Gasteiger partial charge < -0.3 is 13.8 Å². The third kappa shape index (κ3) is 6.74. The Morgan fingerprint density at radius 2 is 0.351 bits per heavy atom. The molecule has 0 bridgehead atoms. The molecule has 0 aliphatic heterocycles. The molecule has 9 aromatic rings. The van der Waals surface area contributed by atoms with E-state index in [0.29, 0.717) is 0 Å². The molecule has 0 radical (unpaired) electrons. The molecule has 0 aliphatic carbocycles. The Morgan fingerprint density at radius 1 is 0.203 bits per heavy atom. The minimum absolute atomic E-state index is 0. The molecule has 74 heavy (non-hydrogen) atoms. The van der Waals surface area contributed by atoms with E-state index < -0.39 is 244 Å². The van der Waals surface area contributed by atoms with Crippen molar-refractivity contribution in [1.29, 1.82) is 0 Å². The van der Waals surface area contributed by atoms with Crippen molar-refractivity contribution >= 4 is 39.8 Å². The maximum atomic E-state index is 16.4. The number of rotatable bonds is 6. The van der Waals surface area contributed by atoms with Crippen molar-refractivity contribution in [3.63, 3.8) is 0 Å². The molecule has 0 unspecified atom stereocenters. The summed E-state index contributed by atoms with van der Waals surface area (Å²) in [7, 11) is -5.74. The molecule has 3 heterocycles. The van der Waals surface area contributed by atoms with E-state index in [2.05, 4.69) is 15.3 Å². The number of hydrogen-bond acceptors (Lipinski definition) is 3. The average molecular weight is 1080 g/mol. The van der Waals surface area contributed by atoms with Crippen molar-refractivity contribution in [2.75, 3.05) is 0 Å². The summed E-state index contributed by atoms with van der Waals surface area (Å²) in [5, 5.41) is 1.62. The van der Waals surface area contributed by atoms with E-state index in [9.17, 15) is 39.5 Å². The van der Waals surface area contributed by atoms with Gasteiger partial charge in [-0.25, -0.2) is 134 Å². The predicted molar refractivity (Wildman–Crippen MR) is 188 cm³/mol. The molecule has 0 fully saturated rings. The van der Waals surface area contributed by atoms with E-state index in [1.54, 1.807) is 0 Å². The van der Waals surface area contributed by atoms with Gasteiger partial charge in [-0.2, -0.15) is 0 Å². The molecule has 380 valence electrons. The minimum Gasteiger partial charge on any atom is -0.393 e. The van der Waals surface area contributed by atoms with Crippen molar-refractivity contribution in [2.45, 2.75) is 0 Å². The van der Waals surface area contributed by atoms with Gasteiger partial charge in [0.05, 0.1) is 49.4 Å². The van der Waals surface area contributed by atoms with Crippen LogP contribution in [0.1, 0.15) is 0 Å². The van der Waals surface area contributed by atoms with Gasteiger partial charge in [-0.15, -0.1) is 0 Å². The monoisotopic (exact) mass is 1080 g/mol. The van der Waals surface area contributed by atoms with Crippen molar-refractivity contribution in [3.05, 3.63) is 157 Å². The Bertz CT molecular complexity index is 3550. The Hall–Kier alpha value is -7.50. The topological polar surface area (TPSA) is 53.5 Å². The maximum absolute atomic E-state index is 16.4. The number of fused-ring (bicyclic) bond motifs is 3. The van der Waals surface area contributed by atoms with Gasteiger partial charge in [-0.1, -0.05) is 0 Å². The van der Waals surface area contributed by atoms with Crippen LogP contribution in [0.4, 0.5) is 119 Å². The SMILES string of the molecule is Fc1c(F)c(F)c(-c2nn([BH-](n3nc(-c4c(F)c(F)c(F)c(F)c4F)c4c(F)c(F)c(F)c(F)c43)n3nc(-c4c(F)c(F)c(F)c(F)c4F)c4c(F)c(F)c(F)c(F)c43)c3c(F)c(F)c(F)c(F)c23)c(F)c1F.[Li+]. The van der Waals surface area contributed by atoms with Crippen LogP contribution in [0.15, 0.2) is 0 Å². The molecule has 0 saturated heterocycles. The van der Waals surface area contributed by atoms with Crippen LogP contribution in [0.25, 0.3) is 66.5 Å². The quantitative estimate of drug-likeness (QED) is 0.0724. The van der Waals surface area contributed by atoms with Crippen LogP contribution in [-0.4, -0.2) is 36.2 Å². The van der Waals surface area contributed by atoms with Crippen molar-refractivity contribution in [3.8, 4) is 33.8 Å². The molecule has 0 saturated carbocycles. The molecule has 3 aromatic heterocycles. The van der Waals surface area contributed by atoms with E-state index >= 15 is 79.0 Å². The standard InChI is InChI=1S/C39HBF27N6.Li/c41-7-1(8(42)17(51)25(59)16(7)50)34-4-13(47)22(56)28(62)31(65)37(4)71(68-34)40(72-38-5(14(48)23(57)29(63)32(38)66)35(69-72)2-9(43)18(52)26(60)19(53)10(2)44)73-39-6(15(49)24(58)30(64)33(39)67)36(70-73)3-11(45)20(54)27(61)21(55)12(3)46;/h40H;/q-1;+1. The first-order valence-electron chi connectivity index (χ1n) is 18.5. The van der Waals surface area contributed by atoms with E-state index in [1.807, 2.05) is 0 Å². The predicted octanol–water partition coefficient (Wildman–Crippen LogP) is 9.16. The van der Waals surface area contributed by atoms with E-state index in [4.69, 9.17) is 0 Å². The van der Waals surface area contributed by atoms with Crippen LogP contribution in [-0.2, 0) is 0 Å². The fraction of sp³-hybridized carbons (Fsp3) is 0. The largest absolute Gasteiger partial charge is 1.00 e. The first-order chi connectivity index (χ1) is 34.0. The Labute approximate surface area is 396 Å². The molecule has 0 aliphatic rings. The number of benzene rings is 6. The molecule has 0 N–H and O–H groups in total. The molecule has 35 heteroatoms. The van der Waals surface area contributed by atoms with Gasteiger partial charge in [0.25, 0.3) is 0 Å². The average Bonchev–Trinajstić information content (AvgIpc) is 4.07. The first-order valence-corrected chi connectivity index (χ1v) is 18.5. The third-order valence-electron chi connectivity index (χ3n) is 11.0. The molecule has 0 amide bonds. The van der Waals surface area contributed by atoms with Gasteiger partial charge in [0.1, 0.15) is 17.1 Å². The Balaban J connectivity index is 0.00000729. The molecular formula is C39HBF27LiN6. The fourth-order valence-corrected chi connectivity index (χ4v) is 7.86. The Kier molecular flexibility index (Phi) is 12.5. The van der Waals surface area contributed by atoms with Crippen molar-refractivity contribution in [1.82, 2.24) is 29.1 Å². The zero-order valence-corrected chi connectivity index (χ0v) is 34.1. The number of aromatic nitrogens is 6. The second kappa shape index (κ2) is 17.6. The number of hydrogen-bond donors (Lipinski definition) is 0. The zero-order chi connectivity index (χ0) is 53.9. The summed E-state index contributed by atoms with van der Waals surface area (Å²) in [6.45, 7) is 0. The molecular weight excluding hydrogens is 1080 g/mol. The molecule has 6 aromatic carbocycles. The van der Waals surface area contributed by atoms with Crippen LogP contribution >= 0.6 is 0 Å². The number of halogens is 27. The molecule has 0 spiro atoms. The van der Waals surface area contributed by atoms with Crippen LogP contribution in [0.3, 0.4) is 0 Å². The third-order valence-corrected chi connectivity index (χ3v) is 11.0. The van der Waals surface area contributed by atoms with Gasteiger partial charge in [0.2, 0.25) is 17.5 Å². The second-order valence-electron chi connectivity index (χ2n) is 14.7. The summed E-state index contributed by atoms with van der Waals surface area (Å²) >= 11 is 0. The van der Waals surface area contributed by atoms with Crippen molar-refractivity contribution in [2.24, 2.45) is 0 Å². The van der Waals surface area contributed by atoms with Crippen LogP contribution in [0, 0.1) is 157 Å². The van der Waals surface area contributed by atoms with Gasteiger partial charge in [0.15, 0.2) is 140 Å². The Morgan fingerprint density at radius 3 is 0.541 bits per heavy atom. The summed E-state index contributed by atoms with van der Waals surface area (Å²) in [5.74, 6) is -85.2. The summed E-state index contributed by atoms with van der Waals surface area (Å²) in [6, 6.07) is 0. The van der Waals surface area contributed by atoms with Gasteiger partial charge >= 0.3 is 26.0 Å². The summed E-state index contributed by atoms with van der Waals surface area (Å²) < 4.78 is 410. The first kappa shape index (κ1) is 52.8. The van der Waals surface area contributed by atoms with Crippen LogP contribution in [0.5, 0.6) is 0 Å². The van der Waals surface area contributed by atoms with E-state index in [-0.39, 0.29) is 18.9 Å². The summed E-state index contributed by atoms with van der Waals surface area (Å²) in [6.07, 6.45) is 0. The van der Waals surface area contributed by atoms with Gasteiger partial charge in [0, 0.05) is 0 Å². The minimum atomic E-state index is -5.74. The summed E-state index contributed by atoms with van der Waals surface area (Å²) in [4.78, 5) is 0. The van der Waals surface area contributed by atoms with Crippen molar-refractivity contribution < 1.29 is 137 Å². The second-order valence-corrected chi connectivity index (χ2v) is 14.7. The molecule has 0 atom stereocenters. The smallest absolute Gasteiger partial charge is 0.393 e. The van der Waals surface area contributed by atoms with E-state index in [1.165, 1.54) is 0 Å². The molecule has 9 rings (SSSR count). The van der Waals surface area contributed by atoms with Gasteiger partial charge in [-0.3, -0.25) is 0 Å². The number of nitrogens with zero attached hydrogens (tertiary/aromatic N) is 6. The van der Waals surface area contributed by atoms with Crippen LogP contribution < -0.4 is 18.9 Å².